The van der Waals surface area contributed by atoms with Gasteiger partial charge in [0.05, 0.1) is 17.1 Å². The third-order valence-corrected chi connectivity index (χ3v) is 7.04. The number of amidine groups is 1. The Bertz CT molecular complexity index is 1490. The van der Waals surface area contributed by atoms with Gasteiger partial charge < -0.3 is 0 Å². The van der Waals surface area contributed by atoms with Crippen LogP contribution >= 0.6 is 0 Å². The number of rotatable bonds is 5. The Hall–Kier alpha value is -4.63. The minimum absolute atomic E-state index is 0.630. The van der Waals surface area contributed by atoms with Crippen molar-refractivity contribution in [2.24, 2.45) is 4.99 Å². The van der Waals surface area contributed by atoms with Gasteiger partial charge in [0, 0.05) is 0 Å². The van der Waals surface area contributed by atoms with Gasteiger partial charge in [-0.3, -0.25) is 5.01 Å². The quantitative estimate of drug-likeness (QED) is 0.253. The number of hydrogen-bond acceptors (Lipinski definition) is 2. The van der Waals surface area contributed by atoms with E-state index >= 15 is 0 Å². The fourth-order valence-electron chi connectivity index (χ4n) is 5.24. The topological polar surface area (TPSA) is 18.8 Å². The highest BCUT2D eigenvalue weighted by molar-refractivity contribution is 6.19. The molecular weight excluding hydrogens is 450 g/mol. The molecule has 3 nitrogen and oxygen atoms in total. The van der Waals surface area contributed by atoms with Crippen molar-refractivity contribution >= 4 is 22.9 Å². The molecule has 1 heterocycles. The molecule has 37 heavy (non-hydrogen) atoms. The van der Waals surface area contributed by atoms with Crippen molar-refractivity contribution in [3.63, 3.8) is 0 Å². The lowest BCUT2D eigenvalue weighted by molar-refractivity contribution is 0.534. The lowest BCUT2D eigenvalue weighted by atomic mass is 9.76. The summed E-state index contributed by atoms with van der Waals surface area (Å²) in [5.74, 6) is 0.961. The molecular formula is C34H29N3. The molecule has 0 aliphatic carbocycles. The maximum absolute atomic E-state index is 5.38. The minimum Gasteiger partial charge on any atom is -0.256 e. The average molecular weight is 480 g/mol. The molecule has 1 fully saturated rings. The monoisotopic (exact) mass is 479 g/mol. The van der Waals surface area contributed by atoms with Crippen molar-refractivity contribution in [1.82, 2.24) is 0 Å². The van der Waals surface area contributed by atoms with Gasteiger partial charge in [-0.05, 0) is 60.9 Å². The molecule has 0 aromatic heterocycles. The molecule has 0 bridgehead atoms. The first-order chi connectivity index (χ1) is 18.2. The van der Waals surface area contributed by atoms with E-state index in [0.29, 0.717) is 0 Å². The van der Waals surface area contributed by atoms with Crippen LogP contribution < -0.4 is 10.0 Å². The largest absolute Gasteiger partial charge is 0.256 e. The van der Waals surface area contributed by atoms with Gasteiger partial charge in [0.2, 0.25) is 0 Å². The van der Waals surface area contributed by atoms with Gasteiger partial charge in [0.15, 0.2) is 11.4 Å². The van der Waals surface area contributed by atoms with Crippen LogP contribution in [0, 0.1) is 13.8 Å². The van der Waals surface area contributed by atoms with Crippen molar-refractivity contribution in [2.45, 2.75) is 19.4 Å². The molecule has 3 heteroatoms. The Morgan fingerprint density at radius 3 is 1.62 bits per heavy atom. The molecule has 0 radical (unpaired) electrons. The molecule has 6 rings (SSSR count). The van der Waals surface area contributed by atoms with Crippen LogP contribution in [0.2, 0.25) is 0 Å². The summed E-state index contributed by atoms with van der Waals surface area (Å²) in [7, 11) is 0. The standard InChI is InChI=1S/C34H29N3/c1-26-22-24-30(25-23-26)35-33-34(28-15-6-3-7-16-28,29-17-8-4-9-18-29)37(32-21-13-12-14-27(32)2)36(33)31-19-10-5-11-20-31/h3-25H,1-2H3. The predicted molar refractivity (Wildman–Crippen MR) is 155 cm³/mol. The van der Waals surface area contributed by atoms with Gasteiger partial charge in [-0.1, -0.05) is 115 Å². The molecule has 0 N–H and O–H groups in total. The smallest absolute Gasteiger partial charge is 0.171 e. The summed E-state index contributed by atoms with van der Waals surface area (Å²) in [6.07, 6.45) is 0. The SMILES string of the molecule is Cc1ccc(N=C2N(c3ccccc3)N(c3ccccc3C)C2(c2ccccc2)c2ccccc2)cc1. The Morgan fingerprint density at radius 2 is 1.05 bits per heavy atom. The second kappa shape index (κ2) is 9.44. The van der Waals surface area contributed by atoms with Crippen molar-refractivity contribution in [3.05, 3.63) is 162 Å². The molecule has 0 saturated carbocycles. The summed E-state index contributed by atoms with van der Waals surface area (Å²) in [5.41, 5.74) is 7.27. The summed E-state index contributed by atoms with van der Waals surface area (Å²) in [4.78, 5) is 5.38. The van der Waals surface area contributed by atoms with E-state index in [9.17, 15) is 0 Å². The highest BCUT2D eigenvalue weighted by Gasteiger charge is 2.60. The van der Waals surface area contributed by atoms with Crippen molar-refractivity contribution in [3.8, 4) is 0 Å². The first-order valence-electron chi connectivity index (χ1n) is 12.7. The van der Waals surface area contributed by atoms with Crippen LogP contribution in [0.15, 0.2) is 145 Å². The van der Waals surface area contributed by atoms with Crippen molar-refractivity contribution in [1.29, 1.82) is 0 Å². The number of benzene rings is 5. The van der Waals surface area contributed by atoms with E-state index in [0.717, 1.165) is 22.9 Å². The zero-order valence-corrected chi connectivity index (χ0v) is 21.1. The highest BCUT2D eigenvalue weighted by Crippen LogP contribution is 2.52. The molecule has 0 amide bonds. The average Bonchev–Trinajstić information content (AvgIpc) is 2.95. The Morgan fingerprint density at radius 1 is 0.541 bits per heavy atom. The van der Waals surface area contributed by atoms with Gasteiger partial charge in [-0.15, -0.1) is 0 Å². The second-order valence-electron chi connectivity index (χ2n) is 9.46. The van der Waals surface area contributed by atoms with Gasteiger partial charge >= 0.3 is 0 Å². The maximum Gasteiger partial charge on any atom is 0.171 e. The van der Waals surface area contributed by atoms with Crippen LogP contribution in [0.1, 0.15) is 22.3 Å². The number of nitrogens with zero attached hydrogens (tertiary/aromatic N) is 3. The molecule has 1 aliphatic rings. The van der Waals surface area contributed by atoms with E-state index in [-0.39, 0.29) is 0 Å². The van der Waals surface area contributed by atoms with E-state index in [4.69, 9.17) is 4.99 Å². The van der Waals surface area contributed by atoms with Crippen LogP contribution in [0.3, 0.4) is 0 Å². The number of anilines is 2. The van der Waals surface area contributed by atoms with E-state index in [2.05, 4.69) is 163 Å². The van der Waals surface area contributed by atoms with Gasteiger partial charge in [-0.25, -0.2) is 10.0 Å². The molecule has 5 aromatic carbocycles. The zero-order valence-electron chi connectivity index (χ0n) is 21.1. The van der Waals surface area contributed by atoms with Crippen LogP contribution in [0.4, 0.5) is 17.1 Å². The summed E-state index contributed by atoms with van der Waals surface area (Å²) in [6.45, 7) is 4.28. The minimum atomic E-state index is -0.630. The lowest BCUT2D eigenvalue weighted by Gasteiger charge is -2.62. The van der Waals surface area contributed by atoms with Crippen molar-refractivity contribution < 1.29 is 0 Å². The number of para-hydroxylation sites is 2. The Balaban J connectivity index is 1.71. The maximum atomic E-state index is 5.38. The number of hydrazine groups is 1. The molecule has 1 saturated heterocycles. The fourth-order valence-corrected chi connectivity index (χ4v) is 5.24. The van der Waals surface area contributed by atoms with Crippen LogP contribution in [-0.4, -0.2) is 5.84 Å². The first kappa shape index (κ1) is 22.8. The zero-order chi connectivity index (χ0) is 25.2. The second-order valence-corrected chi connectivity index (χ2v) is 9.46. The molecule has 0 unspecified atom stereocenters. The number of aliphatic imine (C=N–C) groups is 1. The summed E-state index contributed by atoms with van der Waals surface area (Å²) in [6, 6.07) is 49.0. The van der Waals surface area contributed by atoms with Gasteiger partial charge in [0.25, 0.3) is 0 Å². The molecule has 0 spiro atoms. The van der Waals surface area contributed by atoms with Crippen LogP contribution in [0.25, 0.3) is 0 Å². The van der Waals surface area contributed by atoms with E-state index in [1.807, 2.05) is 0 Å². The van der Waals surface area contributed by atoms with Gasteiger partial charge in [0.1, 0.15) is 0 Å². The lowest BCUT2D eigenvalue weighted by Crippen LogP contribution is -2.77. The van der Waals surface area contributed by atoms with Gasteiger partial charge in [-0.2, -0.15) is 0 Å². The third kappa shape index (κ3) is 3.80. The first-order valence-corrected chi connectivity index (χ1v) is 12.7. The van der Waals surface area contributed by atoms with E-state index in [1.165, 1.54) is 22.3 Å². The molecule has 1 aliphatic heterocycles. The summed E-state index contributed by atoms with van der Waals surface area (Å²) >= 11 is 0. The number of aryl methyl sites for hydroxylation is 2. The highest BCUT2D eigenvalue weighted by atomic mass is 15.8. The van der Waals surface area contributed by atoms with Crippen LogP contribution in [-0.2, 0) is 5.54 Å². The van der Waals surface area contributed by atoms with E-state index in [1.54, 1.807) is 0 Å². The van der Waals surface area contributed by atoms with E-state index < -0.39 is 5.54 Å². The van der Waals surface area contributed by atoms with Crippen LogP contribution in [0.5, 0.6) is 0 Å². The normalized spacial score (nSPS) is 15.5. The summed E-state index contributed by atoms with van der Waals surface area (Å²) < 4.78 is 0. The molecule has 0 atom stereocenters. The fraction of sp³-hybridized carbons (Fsp3) is 0.0882. The Kier molecular flexibility index (Phi) is 5.82. The third-order valence-electron chi connectivity index (χ3n) is 7.04. The molecule has 180 valence electrons. The molecule has 5 aromatic rings. The predicted octanol–water partition coefficient (Wildman–Crippen LogP) is 8.22. The number of hydrogen-bond donors (Lipinski definition) is 0. The Labute approximate surface area is 218 Å². The van der Waals surface area contributed by atoms with Crippen molar-refractivity contribution in [2.75, 3.05) is 10.0 Å². The summed E-state index contributed by atoms with van der Waals surface area (Å²) in [5, 5.41) is 4.68.